The number of hydrogen-bond acceptors (Lipinski definition) is 2. The second-order valence-corrected chi connectivity index (χ2v) is 5.89. The van der Waals surface area contributed by atoms with Gasteiger partial charge in [-0.3, -0.25) is 4.79 Å². The van der Waals surface area contributed by atoms with Crippen molar-refractivity contribution in [3.05, 3.63) is 35.4 Å². The Morgan fingerprint density at radius 1 is 1.29 bits per heavy atom. The van der Waals surface area contributed by atoms with Crippen LogP contribution in [0, 0.1) is 5.92 Å². The summed E-state index contributed by atoms with van der Waals surface area (Å²) < 4.78 is 38.2. The molecule has 2 N–H and O–H groups in total. The first-order chi connectivity index (χ1) is 11.2. The van der Waals surface area contributed by atoms with E-state index in [1.54, 1.807) is 6.92 Å². The summed E-state index contributed by atoms with van der Waals surface area (Å²) in [6.07, 6.45) is -3.68. The number of rotatable bonds is 3. The van der Waals surface area contributed by atoms with Crippen molar-refractivity contribution in [2.45, 2.75) is 32.0 Å². The van der Waals surface area contributed by atoms with E-state index in [1.807, 2.05) is 0 Å². The van der Waals surface area contributed by atoms with E-state index < -0.39 is 35.7 Å². The standard InChI is InChI=1S/C16H19F3N2O3/c1-10(12-3-2-4-13(9-12)16(17,18)19)20-15(24)21-7-5-11(6-8-21)14(22)23/h2-4,9-11H,5-8H2,1H3,(H,20,24)(H,22,23). The summed E-state index contributed by atoms with van der Waals surface area (Å²) in [4.78, 5) is 24.6. The fourth-order valence-electron chi connectivity index (χ4n) is 2.67. The van der Waals surface area contributed by atoms with Gasteiger partial charge >= 0.3 is 18.2 Å². The van der Waals surface area contributed by atoms with Crippen molar-refractivity contribution in [3.8, 4) is 0 Å². The Balaban J connectivity index is 1.96. The Kier molecular flexibility index (Phi) is 5.36. The zero-order chi connectivity index (χ0) is 17.9. The Bertz CT molecular complexity index is 611. The van der Waals surface area contributed by atoms with Crippen molar-refractivity contribution in [1.29, 1.82) is 0 Å². The molecule has 0 radical (unpaired) electrons. The Morgan fingerprint density at radius 3 is 2.46 bits per heavy atom. The number of nitrogens with one attached hydrogen (secondary N) is 1. The van der Waals surface area contributed by atoms with Gasteiger partial charge in [0.05, 0.1) is 17.5 Å². The van der Waals surface area contributed by atoms with Gasteiger partial charge in [0.25, 0.3) is 0 Å². The molecule has 1 aromatic carbocycles. The van der Waals surface area contributed by atoms with Crippen molar-refractivity contribution >= 4 is 12.0 Å². The van der Waals surface area contributed by atoms with Crippen LogP contribution >= 0.6 is 0 Å². The van der Waals surface area contributed by atoms with Crippen LogP contribution in [0.4, 0.5) is 18.0 Å². The van der Waals surface area contributed by atoms with Gasteiger partial charge in [-0.15, -0.1) is 0 Å². The molecule has 0 spiro atoms. The molecule has 1 aromatic rings. The number of nitrogens with zero attached hydrogens (tertiary/aromatic N) is 1. The smallest absolute Gasteiger partial charge is 0.416 e. The van der Waals surface area contributed by atoms with E-state index in [1.165, 1.54) is 17.0 Å². The van der Waals surface area contributed by atoms with Gasteiger partial charge in [-0.05, 0) is 37.5 Å². The van der Waals surface area contributed by atoms with Crippen molar-refractivity contribution in [3.63, 3.8) is 0 Å². The second-order valence-electron chi connectivity index (χ2n) is 5.89. The maximum Gasteiger partial charge on any atom is 0.416 e. The Hall–Kier alpha value is -2.25. The minimum atomic E-state index is -4.43. The number of likely N-dealkylation sites (tertiary alicyclic amines) is 1. The number of carbonyl (C=O) groups excluding carboxylic acids is 1. The summed E-state index contributed by atoms with van der Waals surface area (Å²) in [6, 6.07) is 3.84. The molecular formula is C16H19F3N2O3. The maximum atomic E-state index is 12.7. The third kappa shape index (κ3) is 4.39. The first-order valence-electron chi connectivity index (χ1n) is 7.64. The number of hydrogen-bond donors (Lipinski definition) is 2. The molecule has 1 unspecified atom stereocenters. The molecule has 2 amide bonds. The van der Waals surface area contributed by atoms with Gasteiger partial charge in [-0.25, -0.2) is 4.79 Å². The molecule has 1 aliphatic rings. The molecule has 1 atom stereocenters. The van der Waals surface area contributed by atoms with Crippen LogP contribution in [-0.4, -0.2) is 35.1 Å². The van der Waals surface area contributed by atoms with E-state index in [0.717, 1.165) is 12.1 Å². The van der Waals surface area contributed by atoms with Crippen LogP contribution in [0.15, 0.2) is 24.3 Å². The number of carboxylic acid groups (broad SMARTS) is 1. The number of amides is 2. The zero-order valence-corrected chi connectivity index (χ0v) is 13.1. The highest BCUT2D eigenvalue weighted by Crippen LogP contribution is 2.30. The van der Waals surface area contributed by atoms with E-state index in [-0.39, 0.29) is 0 Å². The summed E-state index contributed by atoms with van der Waals surface area (Å²) in [5, 5.41) is 11.6. The first-order valence-corrected chi connectivity index (χ1v) is 7.64. The summed E-state index contributed by atoms with van der Waals surface area (Å²) in [5.74, 6) is -1.32. The SMILES string of the molecule is CC(NC(=O)N1CCC(C(=O)O)CC1)c1cccc(C(F)(F)F)c1. The van der Waals surface area contributed by atoms with Crippen molar-refractivity contribution in [1.82, 2.24) is 10.2 Å². The predicted molar refractivity (Wildman–Crippen MR) is 80.3 cm³/mol. The van der Waals surface area contributed by atoms with E-state index in [4.69, 9.17) is 5.11 Å². The highest BCUT2D eigenvalue weighted by molar-refractivity contribution is 5.75. The van der Waals surface area contributed by atoms with Crippen LogP contribution in [0.3, 0.4) is 0 Å². The number of halogens is 3. The number of carbonyl (C=O) groups is 2. The number of carboxylic acids is 1. The van der Waals surface area contributed by atoms with E-state index in [0.29, 0.717) is 31.5 Å². The highest BCUT2D eigenvalue weighted by Gasteiger charge is 2.31. The minimum absolute atomic E-state index is 0.318. The van der Waals surface area contributed by atoms with Crippen LogP contribution in [0.1, 0.15) is 36.9 Å². The largest absolute Gasteiger partial charge is 0.481 e. The maximum absolute atomic E-state index is 12.7. The average Bonchev–Trinajstić information content (AvgIpc) is 2.54. The molecule has 132 valence electrons. The van der Waals surface area contributed by atoms with Gasteiger partial charge in [-0.1, -0.05) is 12.1 Å². The van der Waals surface area contributed by atoms with Gasteiger partial charge in [0.1, 0.15) is 0 Å². The lowest BCUT2D eigenvalue weighted by molar-refractivity contribution is -0.143. The summed E-state index contributed by atoms with van der Waals surface area (Å²) in [7, 11) is 0. The van der Waals surface area contributed by atoms with Crippen LogP contribution < -0.4 is 5.32 Å². The van der Waals surface area contributed by atoms with Crippen LogP contribution in [0.2, 0.25) is 0 Å². The summed E-state index contributed by atoms with van der Waals surface area (Å²) in [6.45, 7) is 2.24. The van der Waals surface area contributed by atoms with Crippen molar-refractivity contribution < 1.29 is 27.9 Å². The Morgan fingerprint density at radius 2 is 1.92 bits per heavy atom. The van der Waals surface area contributed by atoms with Crippen LogP contribution in [0.5, 0.6) is 0 Å². The lowest BCUT2D eigenvalue weighted by Crippen LogP contribution is -2.46. The zero-order valence-electron chi connectivity index (χ0n) is 13.1. The van der Waals surface area contributed by atoms with Gasteiger partial charge in [0.15, 0.2) is 0 Å². The van der Waals surface area contributed by atoms with Crippen LogP contribution in [0.25, 0.3) is 0 Å². The highest BCUT2D eigenvalue weighted by atomic mass is 19.4. The van der Waals surface area contributed by atoms with Crippen molar-refractivity contribution in [2.75, 3.05) is 13.1 Å². The van der Waals surface area contributed by atoms with E-state index in [9.17, 15) is 22.8 Å². The third-order valence-electron chi connectivity index (χ3n) is 4.19. The molecule has 0 saturated carbocycles. The first kappa shape index (κ1) is 18.1. The van der Waals surface area contributed by atoms with Crippen LogP contribution in [-0.2, 0) is 11.0 Å². The molecule has 1 fully saturated rings. The van der Waals surface area contributed by atoms with E-state index >= 15 is 0 Å². The number of benzene rings is 1. The molecule has 1 heterocycles. The number of piperidine rings is 1. The molecular weight excluding hydrogens is 325 g/mol. The molecule has 8 heteroatoms. The van der Waals surface area contributed by atoms with Gasteiger partial charge in [0, 0.05) is 13.1 Å². The van der Waals surface area contributed by atoms with Crippen molar-refractivity contribution in [2.24, 2.45) is 5.92 Å². The number of aliphatic carboxylic acids is 1. The molecule has 24 heavy (non-hydrogen) atoms. The normalized spacial score (nSPS) is 17.4. The monoisotopic (exact) mass is 344 g/mol. The number of alkyl halides is 3. The quantitative estimate of drug-likeness (QED) is 0.884. The molecule has 1 aliphatic heterocycles. The van der Waals surface area contributed by atoms with Gasteiger partial charge in [-0.2, -0.15) is 13.2 Å². The second kappa shape index (κ2) is 7.11. The average molecular weight is 344 g/mol. The molecule has 0 bridgehead atoms. The topological polar surface area (TPSA) is 69.6 Å². The third-order valence-corrected chi connectivity index (χ3v) is 4.19. The Labute approximate surface area is 137 Å². The molecule has 1 saturated heterocycles. The number of urea groups is 1. The van der Waals surface area contributed by atoms with Gasteiger partial charge < -0.3 is 15.3 Å². The summed E-state index contributed by atoms with van der Waals surface area (Å²) in [5.41, 5.74) is -0.401. The molecule has 0 aromatic heterocycles. The minimum Gasteiger partial charge on any atom is -0.481 e. The molecule has 2 rings (SSSR count). The fraction of sp³-hybridized carbons (Fsp3) is 0.500. The predicted octanol–water partition coefficient (Wildman–Crippen LogP) is 3.27. The van der Waals surface area contributed by atoms with Gasteiger partial charge in [0.2, 0.25) is 0 Å². The fourth-order valence-corrected chi connectivity index (χ4v) is 2.67. The molecule has 0 aliphatic carbocycles. The lowest BCUT2D eigenvalue weighted by atomic mass is 9.97. The molecule has 5 nitrogen and oxygen atoms in total. The van der Waals surface area contributed by atoms with E-state index in [2.05, 4.69) is 5.32 Å². The summed E-state index contributed by atoms with van der Waals surface area (Å²) >= 11 is 0. The lowest BCUT2D eigenvalue weighted by Gasteiger charge is -2.31.